The van der Waals surface area contributed by atoms with Gasteiger partial charge in [0.25, 0.3) is 0 Å². The van der Waals surface area contributed by atoms with E-state index in [-0.39, 0.29) is 5.97 Å². The molecule has 0 aliphatic heterocycles. The van der Waals surface area contributed by atoms with Crippen molar-refractivity contribution in [3.63, 3.8) is 0 Å². The lowest BCUT2D eigenvalue weighted by Gasteiger charge is -2.26. The standard InChI is InChI=1S/C16H24O2Si/c1-5-18-16(17)13-9-12-15(19(2,3)4)14-10-7-6-8-11-14/h6-12,15H,5,13H2,1-4H3/b12-9+. The maximum absolute atomic E-state index is 11.3. The smallest absolute Gasteiger partial charge is 0.309 e. The van der Waals surface area contributed by atoms with Gasteiger partial charge in [-0.25, -0.2) is 0 Å². The molecule has 1 aromatic carbocycles. The topological polar surface area (TPSA) is 26.3 Å². The zero-order chi connectivity index (χ0) is 14.3. The molecule has 0 spiro atoms. The van der Waals surface area contributed by atoms with Gasteiger partial charge in [0.2, 0.25) is 0 Å². The zero-order valence-corrected chi connectivity index (χ0v) is 13.3. The van der Waals surface area contributed by atoms with E-state index < -0.39 is 8.07 Å². The van der Waals surface area contributed by atoms with Crippen molar-refractivity contribution in [2.45, 2.75) is 38.5 Å². The molecule has 1 rings (SSSR count). The van der Waals surface area contributed by atoms with E-state index in [1.165, 1.54) is 5.56 Å². The molecule has 0 aromatic heterocycles. The molecular weight excluding hydrogens is 252 g/mol. The van der Waals surface area contributed by atoms with Crippen LogP contribution in [0.25, 0.3) is 0 Å². The zero-order valence-electron chi connectivity index (χ0n) is 12.3. The second-order valence-corrected chi connectivity index (χ2v) is 11.0. The second-order valence-electron chi connectivity index (χ2n) is 5.69. The maximum Gasteiger partial charge on any atom is 0.309 e. The Morgan fingerprint density at radius 3 is 2.42 bits per heavy atom. The van der Waals surface area contributed by atoms with Gasteiger partial charge in [-0.15, -0.1) is 0 Å². The largest absolute Gasteiger partial charge is 0.466 e. The lowest BCUT2D eigenvalue weighted by Crippen LogP contribution is -2.29. The van der Waals surface area contributed by atoms with Gasteiger partial charge in [0.15, 0.2) is 0 Å². The summed E-state index contributed by atoms with van der Waals surface area (Å²) in [7, 11) is -1.36. The molecular formula is C16H24O2Si. The number of rotatable bonds is 6. The van der Waals surface area contributed by atoms with Gasteiger partial charge in [-0.3, -0.25) is 4.79 Å². The number of hydrogen-bond donors (Lipinski definition) is 0. The average molecular weight is 276 g/mol. The number of allylic oxidation sites excluding steroid dienone is 1. The van der Waals surface area contributed by atoms with E-state index in [1.54, 1.807) is 0 Å². The molecule has 1 atom stereocenters. The number of esters is 1. The highest BCUT2D eigenvalue weighted by atomic mass is 28.3. The van der Waals surface area contributed by atoms with Crippen LogP contribution in [-0.4, -0.2) is 20.7 Å². The minimum atomic E-state index is -1.36. The van der Waals surface area contributed by atoms with Crippen LogP contribution >= 0.6 is 0 Å². The van der Waals surface area contributed by atoms with Crippen molar-refractivity contribution in [3.05, 3.63) is 48.0 Å². The Labute approximate surface area is 117 Å². The lowest BCUT2D eigenvalue weighted by molar-refractivity contribution is -0.142. The predicted octanol–water partition coefficient (Wildman–Crippen LogP) is 4.16. The van der Waals surface area contributed by atoms with Gasteiger partial charge in [-0.2, -0.15) is 0 Å². The first-order valence-corrected chi connectivity index (χ1v) is 10.4. The normalized spacial score (nSPS) is 13.5. The van der Waals surface area contributed by atoms with Crippen LogP contribution in [0.5, 0.6) is 0 Å². The fourth-order valence-corrected chi connectivity index (χ4v) is 3.99. The summed E-state index contributed by atoms with van der Waals surface area (Å²) in [6, 6.07) is 10.5. The summed E-state index contributed by atoms with van der Waals surface area (Å²) in [5.74, 6) is -0.152. The fraction of sp³-hybridized carbons (Fsp3) is 0.438. The van der Waals surface area contributed by atoms with Gasteiger partial charge in [0.1, 0.15) is 0 Å². The Bertz CT molecular complexity index is 418. The van der Waals surface area contributed by atoms with Gasteiger partial charge in [-0.1, -0.05) is 62.1 Å². The molecule has 0 N–H and O–H groups in total. The molecule has 104 valence electrons. The summed E-state index contributed by atoms with van der Waals surface area (Å²) in [5, 5.41) is 0. The van der Waals surface area contributed by atoms with Gasteiger partial charge >= 0.3 is 5.97 Å². The highest BCUT2D eigenvalue weighted by molar-refractivity contribution is 6.78. The Hall–Kier alpha value is -1.35. The molecule has 3 heteroatoms. The maximum atomic E-state index is 11.3. The monoisotopic (exact) mass is 276 g/mol. The predicted molar refractivity (Wildman–Crippen MR) is 82.9 cm³/mol. The minimum absolute atomic E-state index is 0.152. The Morgan fingerprint density at radius 2 is 1.89 bits per heavy atom. The van der Waals surface area contributed by atoms with Crippen molar-refractivity contribution >= 4 is 14.0 Å². The van der Waals surface area contributed by atoms with Gasteiger partial charge in [0.05, 0.1) is 21.1 Å². The molecule has 0 heterocycles. The molecule has 0 bridgehead atoms. The number of carbonyl (C=O) groups excluding carboxylic acids is 1. The van der Waals surface area contributed by atoms with Crippen LogP contribution in [0.4, 0.5) is 0 Å². The lowest BCUT2D eigenvalue weighted by atomic mass is 10.1. The fourth-order valence-electron chi connectivity index (χ4n) is 2.08. The van der Waals surface area contributed by atoms with Crippen molar-refractivity contribution in [3.8, 4) is 0 Å². The van der Waals surface area contributed by atoms with Crippen molar-refractivity contribution in [2.24, 2.45) is 0 Å². The summed E-state index contributed by atoms with van der Waals surface area (Å²) in [5.41, 5.74) is 1.77. The summed E-state index contributed by atoms with van der Waals surface area (Å²) >= 11 is 0. The van der Waals surface area contributed by atoms with Crippen molar-refractivity contribution in [1.82, 2.24) is 0 Å². The number of hydrogen-bond acceptors (Lipinski definition) is 2. The van der Waals surface area contributed by atoms with E-state index in [0.29, 0.717) is 18.6 Å². The van der Waals surface area contributed by atoms with Crippen LogP contribution in [0.2, 0.25) is 19.6 Å². The molecule has 0 aliphatic rings. The first-order valence-electron chi connectivity index (χ1n) is 6.82. The Kier molecular flexibility index (Phi) is 6.02. The van der Waals surface area contributed by atoms with Crippen molar-refractivity contribution in [1.29, 1.82) is 0 Å². The third-order valence-electron chi connectivity index (χ3n) is 3.01. The van der Waals surface area contributed by atoms with Crippen LogP contribution in [0.3, 0.4) is 0 Å². The van der Waals surface area contributed by atoms with E-state index in [4.69, 9.17) is 4.74 Å². The molecule has 1 aromatic rings. The molecule has 0 fully saturated rings. The second kappa shape index (κ2) is 7.29. The van der Waals surface area contributed by atoms with Crippen LogP contribution < -0.4 is 0 Å². The molecule has 2 nitrogen and oxygen atoms in total. The summed E-state index contributed by atoms with van der Waals surface area (Å²) in [6.45, 7) is 9.32. The summed E-state index contributed by atoms with van der Waals surface area (Å²) in [4.78, 5) is 11.3. The third-order valence-corrected chi connectivity index (χ3v) is 5.40. The van der Waals surface area contributed by atoms with E-state index in [9.17, 15) is 4.79 Å². The highest BCUT2D eigenvalue weighted by Gasteiger charge is 2.25. The van der Waals surface area contributed by atoms with Crippen molar-refractivity contribution < 1.29 is 9.53 Å². The SMILES string of the molecule is CCOC(=O)C/C=C/C(c1ccccc1)[Si](C)(C)C. The molecule has 0 saturated carbocycles. The first-order chi connectivity index (χ1) is 8.95. The van der Waals surface area contributed by atoms with Gasteiger partial charge in [-0.05, 0) is 18.0 Å². The Morgan fingerprint density at radius 1 is 1.26 bits per heavy atom. The summed E-state index contributed by atoms with van der Waals surface area (Å²) < 4.78 is 4.94. The summed E-state index contributed by atoms with van der Waals surface area (Å²) in [6.07, 6.45) is 4.49. The first kappa shape index (κ1) is 15.7. The molecule has 0 aliphatic carbocycles. The molecule has 1 unspecified atom stereocenters. The number of ether oxygens (including phenoxy) is 1. The Balaban J connectivity index is 2.78. The van der Waals surface area contributed by atoms with E-state index in [2.05, 4.69) is 50.0 Å². The van der Waals surface area contributed by atoms with E-state index >= 15 is 0 Å². The quantitative estimate of drug-likeness (QED) is 0.443. The molecule has 0 radical (unpaired) electrons. The van der Waals surface area contributed by atoms with Crippen LogP contribution in [0.15, 0.2) is 42.5 Å². The van der Waals surface area contributed by atoms with Crippen LogP contribution in [-0.2, 0) is 9.53 Å². The average Bonchev–Trinajstić information content (AvgIpc) is 2.34. The van der Waals surface area contributed by atoms with Crippen molar-refractivity contribution in [2.75, 3.05) is 6.61 Å². The molecule has 0 saturated heterocycles. The third kappa shape index (κ3) is 5.43. The van der Waals surface area contributed by atoms with Gasteiger partial charge in [0, 0.05) is 0 Å². The number of benzene rings is 1. The molecule has 0 amide bonds. The van der Waals surface area contributed by atoms with Crippen LogP contribution in [0, 0.1) is 0 Å². The van der Waals surface area contributed by atoms with Crippen LogP contribution in [0.1, 0.15) is 24.4 Å². The van der Waals surface area contributed by atoms with E-state index in [1.807, 2.05) is 19.1 Å². The van der Waals surface area contributed by atoms with E-state index in [0.717, 1.165) is 0 Å². The highest BCUT2D eigenvalue weighted by Crippen LogP contribution is 2.28. The minimum Gasteiger partial charge on any atom is -0.466 e. The molecule has 19 heavy (non-hydrogen) atoms. The number of carbonyl (C=O) groups is 1. The van der Waals surface area contributed by atoms with Gasteiger partial charge < -0.3 is 4.74 Å².